The lowest BCUT2D eigenvalue weighted by atomic mass is 10.0. The van der Waals surface area contributed by atoms with Crippen LogP contribution < -0.4 is 10.1 Å². The molecule has 1 heterocycles. The van der Waals surface area contributed by atoms with Gasteiger partial charge in [-0.15, -0.1) is 0 Å². The number of hydrogen-bond donors (Lipinski definition) is 1. The minimum atomic E-state index is -0.659. The molecule has 6 nitrogen and oxygen atoms in total. The van der Waals surface area contributed by atoms with Gasteiger partial charge in [-0.3, -0.25) is 9.59 Å². The quantitative estimate of drug-likeness (QED) is 0.643. The molecule has 1 unspecified atom stereocenters. The number of nitrogens with one attached hydrogen (secondary N) is 1. The van der Waals surface area contributed by atoms with Crippen molar-refractivity contribution >= 4 is 34.4 Å². The number of esters is 1. The van der Waals surface area contributed by atoms with Crippen molar-refractivity contribution in [3.63, 3.8) is 0 Å². The van der Waals surface area contributed by atoms with Crippen molar-refractivity contribution < 1.29 is 23.5 Å². The number of ether oxygens (including phenoxy) is 2. The second kappa shape index (κ2) is 8.14. The summed E-state index contributed by atoms with van der Waals surface area (Å²) in [7, 11) is 2.82. The Balaban J connectivity index is 1.90. The molecule has 0 saturated heterocycles. The van der Waals surface area contributed by atoms with Gasteiger partial charge >= 0.3 is 5.97 Å². The Labute approximate surface area is 161 Å². The number of methoxy groups -OCH3 is 2. The molecule has 1 amide bonds. The summed E-state index contributed by atoms with van der Waals surface area (Å²) in [5.41, 5.74) is 1.10. The summed E-state index contributed by atoms with van der Waals surface area (Å²) in [5.74, 6) is -0.297. The fourth-order valence-corrected chi connectivity index (χ4v) is 3.05. The molecular weight excluding hydrogens is 370 g/mol. The molecule has 1 N–H and O–H groups in total. The Kier molecular flexibility index (Phi) is 5.66. The van der Waals surface area contributed by atoms with Crippen molar-refractivity contribution in [3.8, 4) is 5.75 Å². The third-order valence-electron chi connectivity index (χ3n) is 4.14. The van der Waals surface area contributed by atoms with E-state index >= 15 is 0 Å². The molecule has 0 aliphatic heterocycles. The highest BCUT2D eigenvalue weighted by Gasteiger charge is 2.23. The number of furan rings is 1. The van der Waals surface area contributed by atoms with E-state index < -0.39 is 17.9 Å². The fourth-order valence-electron chi connectivity index (χ4n) is 2.78. The van der Waals surface area contributed by atoms with Crippen LogP contribution in [0, 0.1) is 0 Å². The van der Waals surface area contributed by atoms with E-state index in [1.54, 1.807) is 36.4 Å². The minimum Gasteiger partial charge on any atom is -0.493 e. The number of carbonyl (C=O) groups excluding carboxylic acids is 2. The SMILES string of the molecule is COC(=O)CC(NC(=O)c1cc2cccc(OC)c2o1)c1ccccc1Cl. The smallest absolute Gasteiger partial charge is 0.307 e. The second-order valence-corrected chi connectivity index (χ2v) is 6.22. The zero-order chi connectivity index (χ0) is 19.4. The van der Waals surface area contributed by atoms with Gasteiger partial charge in [0.15, 0.2) is 17.1 Å². The molecule has 140 valence electrons. The molecule has 0 radical (unpaired) electrons. The highest BCUT2D eigenvalue weighted by molar-refractivity contribution is 6.31. The van der Waals surface area contributed by atoms with Gasteiger partial charge in [-0.1, -0.05) is 41.9 Å². The van der Waals surface area contributed by atoms with E-state index in [0.29, 0.717) is 21.9 Å². The monoisotopic (exact) mass is 387 g/mol. The van der Waals surface area contributed by atoms with Gasteiger partial charge in [0, 0.05) is 10.4 Å². The summed E-state index contributed by atoms with van der Waals surface area (Å²) < 4.78 is 15.6. The fraction of sp³-hybridized carbons (Fsp3) is 0.200. The first-order chi connectivity index (χ1) is 13.0. The number of carbonyl (C=O) groups is 2. The molecule has 1 aromatic heterocycles. The van der Waals surface area contributed by atoms with Crippen LogP contribution in [0.4, 0.5) is 0 Å². The third kappa shape index (κ3) is 4.06. The van der Waals surface area contributed by atoms with Crippen molar-refractivity contribution in [1.29, 1.82) is 0 Å². The van der Waals surface area contributed by atoms with Crippen LogP contribution in [0.15, 0.2) is 52.9 Å². The standard InChI is InChI=1S/C20H18ClNO5/c1-25-16-9-5-6-12-10-17(27-19(12)16)20(24)22-15(11-18(23)26-2)13-7-3-4-8-14(13)21/h3-10,15H,11H2,1-2H3,(H,22,24). The van der Waals surface area contributed by atoms with E-state index in [9.17, 15) is 9.59 Å². The number of amides is 1. The lowest BCUT2D eigenvalue weighted by Crippen LogP contribution is -2.30. The Morgan fingerprint density at radius 2 is 1.93 bits per heavy atom. The molecule has 0 saturated carbocycles. The summed E-state index contributed by atoms with van der Waals surface area (Å²) in [6, 6.07) is 13.3. The first kappa shape index (κ1) is 18.8. The first-order valence-electron chi connectivity index (χ1n) is 8.22. The predicted octanol–water partition coefficient (Wildman–Crippen LogP) is 4.13. The summed E-state index contributed by atoms with van der Waals surface area (Å²) in [6.07, 6.45) is -0.0600. The van der Waals surface area contributed by atoms with E-state index in [-0.39, 0.29) is 12.2 Å². The van der Waals surface area contributed by atoms with Gasteiger partial charge in [0.1, 0.15) is 0 Å². The first-order valence-corrected chi connectivity index (χ1v) is 8.60. The molecule has 0 aliphatic rings. The topological polar surface area (TPSA) is 77.8 Å². The van der Waals surface area contributed by atoms with E-state index in [4.69, 9.17) is 25.5 Å². The van der Waals surface area contributed by atoms with Crippen LogP contribution in [0.2, 0.25) is 5.02 Å². The Morgan fingerprint density at radius 1 is 1.15 bits per heavy atom. The van der Waals surface area contributed by atoms with Crippen molar-refractivity contribution in [2.24, 2.45) is 0 Å². The lowest BCUT2D eigenvalue weighted by molar-refractivity contribution is -0.141. The Hall–Kier alpha value is -2.99. The highest BCUT2D eigenvalue weighted by Crippen LogP contribution is 2.30. The van der Waals surface area contributed by atoms with Gasteiger partial charge in [0.05, 0.1) is 26.7 Å². The maximum Gasteiger partial charge on any atom is 0.307 e. The van der Waals surface area contributed by atoms with Crippen LogP contribution >= 0.6 is 11.6 Å². The molecule has 27 heavy (non-hydrogen) atoms. The van der Waals surface area contributed by atoms with Gasteiger partial charge in [0.25, 0.3) is 5.91 Å². The van der Waals surface area contributed by atoms with Crippen molar-refractivity contribution in [2.75, 3.05) is 14.2 Å². The Bertz CT molecular complexity index is 981. The summed E-state index contributed by atoms with van der Waals surface area (Å²) in [5, 5.41) is 3.98. The molecule has 1 atom stereocenters. The van der Waals surface area contributed by atoms with Crippen molar-refractivity contribution in [1.82, 2.24) is 5.32 Å². The minimum absolute atomic E-state index is 0.0600. The van der Waals surface area contributed by atoms with Gasteiger partial charge in [-0.05, 0) is 23.8 Å². The van der Waals surface area contributed by atoms with Crippen LogP contribution in [0.5, 0.6) is 5.75 Å². The lowest BCUT2D eigenvalue weighted by Gasteiger charge is -2.18. The predicted molar refractivity (Wildman–Crippen MR) is 101 cm³/mol. The molecule has 0 bridgehead atoms. The van der Waals surface area contributed by atoms with Crippen LogP contribution in [-0.2, 0) is 9.53 Å². The molecule has 0 spiro atoms. The number of rotatable bonds is 6. The number of halogens is 1. The number of benzene rings is 2. The number of para-hydroxylation sites is 1. The molecule has 3 aromatic rings. The van der Waals surface area contributed by atoms with E-state index in [1.807, 2.05) is 12.1 Å². The van der Waals surface area contributed by atoms with E-state index in [0.717, 1.165) is 5.39 Å². The Morgan fingerprint density at radius 3 is 2.63 bits per heavy atom. The van der Waals surface area contributed by atoms with Gasteiger partial charge in [0.2, 0.25) is 0 Å². The van der Waals surface area contributed by atoms with Crippen LogP contribution in [-0.4, -0.2) is 26.1 Å². The summed E-state index contributed by atoms with van der Waals surface area (Å²) >= 11 is 6.24. The molecule has 0 aliphatic carbocycles. The molecule has 0 fully saturated rings. The van der Waals surface area contributed by atoms with Gasteiger partial charge < -0.3 is 19.2 Å². The molecule has 2 aromatic carbocycles. The van der Waals surface area contributed by atoms with Crippen molar-refractivity contribution in [2.45, 2.75) is 12.5 Å². The van der Waals surface area contributed by atoms with Crippen LogP contribution in [0.3, 0.4) is 0 Å². The highest BCUT2D eigenvalue weighted by atomic mass is 35.5. The van der Waals surface area contributed by atoms with E-state index in [1.165, 1.54) is 14.2 Å². The third-order valence-corrected chi connectivity index (χ3v) is 4.48. The van der Waals surface area contributed by atoms with E-state index in [2.05, 4.69) is 5.32 Å². The molecular formula is C20H18ClNO5. The molecule has 7 heteroatoms. The maximum atomic E-state index is 12.7. The normalized spacial score (nSPS) is 11.8. The second-order valence-electron chi connectivity index (χ2n) is 5.82. The average Bonchev–Trinajstić information content (AvgIpc) is 3.12. The van der Waals surface area contributed by atoms with Gasteiger partial charge in [-0.25, -0.2) is 0 Å². The van der Waals surface area contributed by atoms with Gasteiger partial charge in [-0.2, -0.15) is 0 Å². The zero-order valence-electron chi connectivity index (χ0n) is 14.8. The molecule has 3 rings (SSSR count). The number of hydrogen-bond acceptors (Lipinski definition) is 5. The van der Waals surface area contributed by atoms with Crippen LogP contribution in [0.25, 0.3) is 11.0 Å². The average molecular weight is 388 g/mol. The number of fused-ring (bicyclic) bond motifs is 1. The summed E-state index contributed by atoms with van der Waals surface area (Å²) in [6.45, 7) is 0. The van der Waals surface area contributed by atoms with Crippen LogP contribution in [0.1, 0.15) is 28.6 Å². The van der Waals surface area contributed by atoms with Crippen molar-refractivity contribution in [3.05, 3.63) is 64.9 Å². The largest absolute Gasteiger partial charge is 0.493 e. The maximum absolute atomic E-state index is 12.7. The zero-order valence-corrected chi connectivity index (χ0v) is 15.6. The summed E-state index contributed by atoms with van der Waals surface area (Å²) in [4.78, 5) is 24.5.